The van der Waals surface area contributed by atoms with E-state index in [1.165, 1.54) is 5.56 Å². The molecular weight excluding hydrogens is 290 g/mol. The topological polar surface area (TPSA) is 72.5 Å². The lowest BCUT2D eigenvalue weighted by atomic mass is 10.1. The summed E-state index contributed by atoms with van der Waals surface area (Å²) in [6.07, 6.45) is 3.61. The molecule has 0 aliphatic rings. The summed E-state index contributed by atoms with van der Waals surface area (Å²) in [6, 6.07) is 7.68. The SMILES string of the molecule is CCCCc1ccc(NC(=O)CC(C)OS(C)(=O)=O)cc1. The number of unbranched alkanes of at least 4 members (excludes halogenated alkanes) is 1. The minimum Gasteiger partial charge on any atom is -0.326 e. The molecule has 1 aromatic rings. The van der Waals surface area contributed by atoms with Crippen LogP contribution in [0.25, 0.3) is 0 Å². The first-order valence-corrected chi connectivity index (χ1v) is 8.89. The fraction of sp³-hybridized carbons (Fsp3) is 0.533. The fourth-order valence-electron chi connectivity index (χ4n) is 1.94. The molecule has 1 amide bonds. The lowest BCUT2D eigenvalue weighted by Crippen LogP contribution is -2.22. The van der Waals surface area contributed by atoms with Gasteiger partial charge in [0.15, 0.2) is 0 Å². The largest absolute Gasteiger partial charge is 0.326 e. The zero-order valence-electron chi connectivity index (χ0n) is 12.8. The van der Waals surface area contributed by atoms with Gasteiger partial charge >= 0.3 is 0 Å². The summed E-state index contributed by atoms with van der Waals surface area (Å²) in [5.74, 6) is -0.271. The molecule has 0 heterocycles. The number of carbonyl (C=O) groups excluding carboxylic acids is 1. The van der Waals surface area contributed by atoms with Gasteiger partial charge in [-0.1, -0.05) is 25.5 Å². The number of carbonyl (C=O) groups is 1. The van der Waals surface area contributed by atoms with Crippen LogP contribution in [-0.4, -0.2) is 26.7 Å². The van der Waals surface area contributed by atoms with Gasteiger partial charge in [0.25, 0.3) is 10.1 Å². The molecule has 0 aromatic heterocycles. The van der Waals surface area contributed by atoms with Crippen molar-refractivity contribution in [2.24, 2.45) is 0 Å². The molecular formula is C15H23NO4S. The molecule has 0 saturated heterocycles. The summed E-state index contributed by atoms with van der Waals surface area (Å²) in [5, 5.41) is 2.73. The highest BCUT2D eigenvalue weighted by Crippen LogP contribution is 2.13. The third-order valence-electron chi connectivity index (χ3n) is 2.87. The van der Waals surface area contributed by atoms with Crippen LogP contribution in [-0.2, 0) is 25.5 Å². The Balaban J connectivity index is 2.47. The highest BCUT2D eigenvalue weighted by atomic mass is 32.2. The second kappa shape index (κ2) is 8.14. The number of amides is 1. The van der Waals surface area contributed by atoms with Gasteiger partial charge in [-0.05, 0) is 37.5 Å². The summed E-state index contributed by atoms with van der Waals surface area (Å²) in [4.78, 5) is 11.8. The standard InChI is InChI=1S/C15H23NO4S/c1-4-5-6-13-7-9-14(10-8-13)16-15(17)11-12(2)20-21(3,18)19/h7-10,12H,4-6,11H2,1-3H3,(H,16,17). The summed E-state index contributed by atoms with van der Waals surface area (Å²) < 4.78 is 26.6. The van der Waals surface area contributed by atoms with Crippen molar-refractivity contribution in [3.8, 4) is 0 Å². The van der Waals surface area contributed by atoms with Crippen LogP contribution in [0, 0.1) is 0 Å². The van der Waals surface area contributed by atoms with E-state index in [-0.39, 0.29) is 12.3 Å². The first-order chi connectivity index (χ1) is 9.80. The third-order valence-corrected chi connectivity index (χ3v) is 3.55. The molecule has 0 bridgehead atoms. The van der Waals surface area contributed by atoms with E-state index >= 15 is 0 Å². The Morgan fingerprint density at radius 3 is 2.43 bits per heavy atom. The Bertz CT molecular complexity index is 552. The van der Waals surface area contributed by atoms with Crippen molar-refractivity contribution in [1.82, 2.24) is 0 Å². The maximum atomic E-state index is 11.8. The molecule has 0 radical (unpaired) electrons. The lowest BCUT2D eigenvalue weighted by Gasteiger charge is -2.11. The molecule has 1 atom stereocenters. The maximum absolute atomic E-state index is 11.8. The molecule has 0 fully saturated rings. The second-order valence-electron chi connectivity index (χ2n) is 5.16. The van der Waals surface area contributed by atoms with E-state index in [1.807, 2.05) is 24.3 Å². The minimum absolute atomic E-state index is 0.00927. The zero-order chi connectivity index (χ0) is 15.9. The van der Waals surface area contributed by atoms with Crippen LogP contribution in [0.15, 0.2) is 24.3 Å². The summed E-state index contributed by atoms with van der Waals surface area (Å²) in [7, 11) is -3.54. The van der Waals surface area contributed by atoms with Gasteiger partial charge in [-0.2, -0.15) is 8.42 Å². The summed E-state index contributed by atoms with van der Waals surface area (Å²) in [5.41, 5.74) is 1.94. The van der Waals surface area contributed by atoms with Crippen LogP contribution in [0.5, 0.6) is 0 Å². The van der Waals surface area contributed by atoms with Gasteiger partial charge in [-0.15, -0.1) is 0 Å². The molecule has 0 aliphatic heterocycles. The van der Waals surface area contributed by atoms with Crippen LogP contribution in [0.1, 0.15) is 38.7 Å². The second-order valence-corrected chi connectivity index (χ2v) is 6.76. The molecule has 5 nitrogen and oxygen atoms in total. The summed E-state index contributed by atoms with van der Waals surface area (Å²) in [6.45, 7) is 3.70. The quantitative estimate of drug-likeness (QED) is 0.749. The van der Waals surface area contributed by atoms with Gasteiger partial charge in [0.1, 0.15) is 0 Å². The molecule has 1 N–H and O–H groups in total. The number of hydrogen-bond acceptors (Lipinski definition) is 4. The van der Waals surface area contributed by atoms with Crippen LogP contribution < -0.4 is 5.32 Å². The minimum atomic E-state index is -3.54. The van der Waals surface area contributed by atoms with Gasteiger partial charge in [-0.3, -0.25) is 8.98 Å². The van der Waals surface area contributed by atoms with Crippen molar-refractivity contribution in [1.29, 1.82) is 0 Å². The summed E-state index contributed by atoms with van der Waals surface area (Å²) >= 11 is 0. The Hall–Kier alpha value is -1.40. The molecule has 0 spiro atoms. The van der Waals surface area contributed by atoms with Gasteiger partial charge < -0.3 is 5.32 Å². The van der Waals surface area contributed by atoms with E-state index in [1.54, 1.807) is 6.92 Å². The highest BCUT2D eigenvalue weighted by Gasteiger charge is 2.14. The van der Waals surface area contributed by atoms with Gasteiger partial charge in [0.05, 0.1) is 18.8 Å². The Labute approximate surface area is 126 Å². The monoisotopic (exact) mass is 313 g/mol. The van der Waals surface area contributed by atoms with Gasteiger partial charge in [0, 0.05) is 5.69 Å². The van der Waals surface area contributed by atoms with Crippen molar-refractivity contribution in [3.63, 3.8) is 0 Å². The van der Waals surface area contributed by atoms with E-state index in [2.05, 4.69) is 12.2 Å². The normalized spacial score (nSPS) is 12.9. The average molecular weight is 313 g/mol. The lowest BCUT2D eigenvalue weighted by molar-refractivity contribution is -0.117. The third kappa shape index (κ3) is 7.82. The predicted octanol–water partition coefficient (Wildman–Crippen LogP) is 2.72. The number of rotatable bonds is 8. The number of aryl methyl sites for hydroxylation is 1. The van der Waals surface area contributed by atoms with E-state index in [9.17, 15) is 13.2 Å². The number of hydrogen-bond donors (Lipinski definition) is 1. The molecule has 0 aliphatic carbocycles. The van der Waals surface area contributed by atoms with Crippen LogP contribution in [0.3, 0.4) is 0 Å². The Morgan fingerprint density at radius 1 is 1.29 bits per heavy atom. The highest BCUT2D eigenvalue weighted by molar-refractivity contribution is 7.86. The van der Waals surface area contributed by atoms with E-state index in [4.69, 9.17) is 4.18 Å². The van der Waals surface area contributed by atoms with Crippen LogP contribution in [0.2, 0.25) is 0 Å². The van der Waals surface area contributed by atoms with Gasteiger partial charge in [-0.25, -0.2) is 0 Å². The van der Waals surface area contributed by atoms with E-state index in [0.29, 0.717) is 5.69 Å². The first kappa shape index (κ1) is 17.7. The van der Waals surface area contributed by atoms with Gasteiger partial charge in [0.2, 0.25) is 5.91 Å². The number of benzene rings is 1. The Morgan fingerprint density at radius 2 is 1.90 bits per heavy atom. The van der Waals surface area contributed by atoms with E-state index < -0.39 is 16.2 Å². The molecule has 1 aromatic carbocycles. The van der Waals surface area contributed by atoms with Crippen LogP contribution >= 0.6 is 0 Å². The average Bonchev–Trinajstić information content (AvgIpc) is 2.35. The predicted molar refractivity (Wildman–Crippen MR) is 83.7 cm³/mol. The van der Waals surface area contributed by atoms with Crippen molar-refractivity contribution in [3.05, 3.63) is 29.8 Å². The first-order valence-electron chi connectivity index (χ1n) is 7.07. The van der Waals surface area contributed by atoms with Crippen molar-refractivity contribution in [2.75, 3.05) is 11.6 Å². The number of anilines is 1. The smallest absolute Gasteiger partial charge is 0.264 e. The molecule has 1 unspecified atom stereocenters. The number of nitrogens with one attached hydrogen (secondary N) is 1. The molecule has 118 valence electrons. The fourth-order valence-corrected chi connectivity index (χ4v) is 2.61. The van der Waals surface area contributed by atoms with E-state index in [0.717, 1.165) is 25.5 Å². The Kier molecular flexibility index (Phi) is 6.84. The molecule has 0 saturated carbocycles. The van der Waals surface area contributed by atoms with Crippen molar-refractivity contribution < 1.29 is 17.4 Å². The van der Waals surface area contributed by atoms with Crippen LogP contribution in [0.4, 0.5) is 5.69 Å². The van der Waals surface area contributed by atoms with Crippen molar-refractivity contribution >= 4 is 21.7 Å². The molecule has 21 heavy (non-hydrogen) atoms. The maximum Gasteiger partial charge on any atom is 0.264 e. The molecule has 6 heteroatoms. The van der Waals surface area contributed by atoms with Crippen molar-refractivity contribution in [2.45, 2.75) is 45.6 Å². The zero-order valence-corrected chi connectivity index (χ0v) is 13.6. The molecule has 1 rings (SSSR count).